The normalized spacial score (nSPS) is 14.6. The fourth-order valence-electron chi connectivity index (χ4n) is 3.57. The zero-order chi connectivity index (χ0) is 23.3. The number of carbonyl (C=O) groups is 3. The molecule has 4 rings (SSSR count). The molecule has 0 spiro atoms. The van der Waals surface area contributed by atoms with Crippen molar-refractivity contribution in [3.63, 3.8) is 0 Å². The number of benzene rings is 1. The lowest BCUT2D eigenvalue weighted by Crippen LogP contribution is -2.52. The molecule has 0 bridgehead atoms. The largest absolute Gasteiger partial charge is 0.333 e. The first kappa shape index (κ1) is 21.0. The van der Waals surface area contributed by atoms with Crippen LogP contribution in [0.4, 0.5) is 4.79 Å². The van der Waals surface area contributed by atoms with Crippen molar-refractivity contribution in [2.45, 2.75) is 6.54 Å². The number of aryl methyl sites for hydroxylation is 1. The van der Waals surface area contributed by atoms with Crippen molar-refractivity contribution in [1.82, 2.24) is 28.5 Å². The Morgan fingerprint density at radius 3 is 2.03 bits per heavy atom. The van der Waals surface area contributed by atoms with Crippen molar-refractivity contribution in [3.8, 4) is 0 Å². The van der Waals surface area contributed by atoms with Gasteiger partial charge in [-0.25, -0.2) is 14.6 Å². The van der Waals surface area contributed by atoms with Crippen molar-refractivity contribution in [3.05, 3.63) is 68.1 Å². The number of barbiturate groups is 1. The first-order chi connectivity index (χ1) is 15.1. The third-order valence-electron chi connectivity index (χ3n) is 5.50. The predicted octanol–water partition coefficient (Wildman–Crippen LogP) is -0.0842. The summed E-state index contributed by atoms with van der Waals surface area (Å²) in [6, 6.07) is 6.37. The molecule has 0 radical (unpaired) electrons. The first-order valence-corrected chi connectivity index (χ1v) is 9.63. The molecular formula is C21H20N6O5. The number of fused-ring (bicyclic) bond motifs is 1. The highest BCUT2D eigenvalue weighted by Gasteiger charge is 2.37. The smallest absolute Gasteiger partial charge is 0.320 e. The van der Waals surface area contributed by atoms with E-state index in [1.54, 1.807) is 35.9 Å². The molecular weight excluding hydrogens is 416 g/mol. The van der Waals surface area contributed by atoms with Gasteiger partial charge in [0.15, 0.2) is 11.2 Å². The number of aromatic nitrogens is 4. The van der Waals surface area contributed by atoms with Crippen LogP contribution in [0.1, 0.15) is 11.1 Å². The summed E-state index contributed by atoms with van der Waals surface area (Å²) in [6.45, 7) is 0.332. The number of urea groups is 1. The second-order valence-corrected chi connectivity index (χ2v) is 7.56. The van der Waals surface area contributed by atoms with E-state index < -0.39 is 29.1 Å². The van der Waals surface area contributed by atoms with E-state index in [2.05, 4.69) is 4.98 Å². The van der Waals surface area contributed by atoms with Gasteiger partial charge in [0.05, 0.1) is 6.33 Å². The van der Waals surface area contributed by atoms with Gasteiger partial charge in [0.1, 0.15) is 5.57 Å². The molecule has 0 atom stereocenters. The summed E-state index contributed by atoms with van der Waals surface area (Å²) in [4.78, 5) is 67.1. The van der Waals surface area contributed by atoms with Gasteiger partial charge in [-0.15, -0.1) is 0 Å². The molecule has 3 heterocycles. The number of imide groups is 2. The summed E-state index contributed by atoms with van der Waals surface area (Å²) in [6.07, 6.45) is 2.94. The Hall–Kier alpha value is -4.28. The van der Waals surface area contributed by atoms with Gasteiger partial charge in [-0.3, -0.25) is 33.3 Å². The van der Waals surface area contributed by atoms with Crippen molar-refractivity contribution in [2.75, 3.05) is 14.1 Å². The first-order valence-electron chi connectivity index (χ1n) is 9.63. The summed E-state index contributed by atoms with van der Waals surface area (Å²) in [5.74, 6) is -1.32. The number of nitrogens with zero attached hydrogens (tertiary/aromatic N) is 6. The number of amides is 4. The molecule has 11 nitrogen and oxygen atoms in total. The van der Waals surface area contributed by atoms with Crippen LogP contribution in [0, 0.1) is 0 Å². The van der Waals surface area contributed by atoms with E-state index in [4.69, 9.17) is 0 Å². The standard InChI is InChI=1S/C21H20N6O5/c1-23-16-15(19(30)26(4)20(23)31)27(11-22-16)10-13-7-5-12(6-8-13)9-14-17(28)24(2)21(32)25(3)18(14)29/h5-9,11H,10H2,1-4H3. The average Bonchev–Trinajstić information content (AvgIpc) is 3.21. The van der Waals surface area contributed by atoms with Gasteiger partial charge < -0.3 is 4.57 Å². The van der Waals surface area contributed by atoms with Crippen LogP contribution >= 0.6 is 0 Å². The summed E-state index contributed by atoms with van der Waals surface area (Å²) in [5, 5.41) is 0. The molecule has 164 valence electrons. The molecule has 3 aromatic rings. The molecule has 11 heteroatoms. The summed E-state index contributed by atoms with van der Waals surface area (Å²) in [5.41, 5.74) is 1.08. The van der Waals surface area contributed by atoms with Crippen LogP contribution in [-0.2, 0) is 30.2 Å². The minimum Gasteiger partial charge on any atom is -0.320 e. The highest BCUT2D eigenvalue weighted by molar-refractivity contribution is 6.30. The molecule has 1 fully saturated rings. The lowest BCUT2D eigenvalue weighted by molar-refractivity contribution is -0.134. The molecule has 32 heavy (non-hydrogen) atoms. The fourth-order valence-corrected chi connectivity index (χ4v) is 3.57. The maximum Gasteiger partial charge on any atom is 0.333 e. The third-order valence-corrected chi connectivity index (χ3v) is 5.50. The minimum atomic E-state index is -0.677. The molecule has 1 aliphatic rings. The molecule has 0 N–H and O–H groups in total. The Balaban J connectivity index is 1.65. The van der Waals surface area contributed by atoms with Gasteiger partial charge in [-0.1, -0.05) is 24.3 Å². The molecule has 0 aliphatic carbocycles. The summed E-state index contributed by atoms with van der Waals surface area (Å²) < 4.78 is 4.01. The van der Waals surface area contributed by atoms with E-state index in [1.165, 1.54) is 38.1 Å². The predicted molar refractivity (Wildman–Crippen MR) is 115 cm³/mol. The van der Waals surface area contributed by atoms with Crippen molar-refractivity contribution in [1.29, 1.82) is 0 Å². The zero-order valence-electron chi connectivity index (χ0n) is 17.9. The van der Waals surface area contributed by atoms with Crippen LogP contribution in [-0.4, -0.2) is 60.4 Å². The van der Waals surface area contributed by atoms with Gasteiger partial charge >= 0.3 is 11.7 Å². The SMILES string of the molecule is CN1C(=O)C(=Cc2ccc(Cn3cnc4c3c(=O)n(C)c(=O)n4C)cc2)C(=O)N(C)C1=O. The van der Waals surface area contributed by atoms with Crippen molar-refractivity contribution in [2.24, 2.45) is 14.1 Å². The van der Waals surface area contributed by atoms with Crippen LogP contribution in [0.2, 0.25) is 0 Å². The van der Waals surface area contributed by atoms with Gasteiger partial charge in [-0.05, 0) is 17.2 Å². The Morgan fingerprint density at radius 1 is 0.844 bits per heavy atom. The molecule has 0 unspecified atom stereocenters. The molecule has 2 aromatic heterocycles. The Kier molecular flexibility index (Phi) is 4.88. The lowest BCUT2D eigenvalue weighted by Gasteiger charge is -2.28. The molecule has 1 saturated heterocycles. The molecule has 1 aliphatic heterocycles. The van der Waals surface area contributed by atoms with Crippen LogP contribution in [0.25, 0.3) is 17.2 Å². The zero-order valence-corrected chi connectivity index (χ0v) is 17.9. The van der Waals surface area contributed by atoms with Crippen molar-refractivity contribution < 1.29 is 14.4 Å². The number of likely N-dealkylation sites (N-methyl/N-ethyl adjacent to an activating group) is 2. The van der Waals surface area contributed by atoms with Gasteiger partial charge in [0.25, 0.3) is 17.4 Å². The topological polar surface area (TPSA) is 120 Å². The second-order valence-electron chi connectivity index (χ2n) is 7.56. The van der Waals surface area contributed by atoms with Crippen LogP contribution in [0.5, 0.6) is 0 Å². The van der Waals surface area contributed by atoms with Gasteiger partial charge in [0, 0.05) is 34.7 Å². The van der Waals surface area contributed by atoms with Crippen molar-refractivity contribution >= 4 is 35.1 Å². The molecule has 4 amide bonds. The van der Waals surface area contributed by atoms with Crippen LogP contribution in [0.3, 0.4) is 0 Å². The number of imidazole rings is 1. The summed E-state index contributed by atoms with van der Waals surface area (Å²) in [7, 11) is 5.61. The Morgan fingerprint density at radius 2 is 1.44 bits per heavy atom. The number of rotatable bonds is 3. The maximum absolute atomic E-state index is 12.6. The van der Waals surface area contributed by atoms with E-state index >= 15 is 0 Å². The van der Waals surface area contributed by atoms with Gasteiger partial charge in [-0.2, -0.15) is 0 Å². The lowest BCUT2D eigenvalue weighted by atomic mass is 10.1. The number of hydrogen-bond donors (Lipinski definition) is 0. The summed E-state index contributed by atoms with van der Waals surface area (Å²) >= 11 is 0. The van der Waals surface area contributed by atoms with E-state index in [0.29, 0.717) is 23.3 Å². The maximum atomic E-state index is 12.6. The quantitative estimate of drug-likeness (QED) is 0.418. The van der Waals surface area contributed by atoms with E-state index in [0.717, 1.165) is 19.9 Å². The Labute approximate surface area is 181 Å². The number of hydrogen-bond acceptors (Lipinski definition) is 6. The van der Waals surface area contributed by atoms with Gasteiger partial charge in [0.2, 0.25) is 0 Å². The Bertz CT molecular complexity index is 1410. The monoisotopic (exact) mass is 436 g/mol. The molecule has 0 saturated carbocycles. The third kappa shape index (κ3) is 3.14. The molecule has 1 aromatic carbocycles. The highest BCUT2D eigenvalue weighted by Crippen LogP contribution is 2.18. The minimum absolute atomic E-state index is 0.104. The van der Waals surface area contributed by atoms with E-state index in [-0.39, 0.29) is 5.57 Å². The highest BCUT2D eigenvalue weighted by atomic mass is 16.2. The van der Waals surface area contributed by atoms with E-state index in [9.17, 15) is 24.0 Å². The van der Waals surface area contributed by atoms with Crippen LogP contribution < -0.4 is 11.2 Å². The van der Waals surface area contributed by atoms with E-state index in [1.807, 2.05) is 0 Å². The fraction of sp³-hybridized carbons (Fsp3) is 0.238. The number of carbonyl (C=O) groups excluding carboxylic acids is 3. The average molecular weight is 436 g/mol. The van der Waals surface area contributed by atoms with Crippen LogP contribution in [0.15, 0.2) is 45.8 Å². The second kappa shape index (κ2) is 7.45.